The van der Waals surface area contributed by atoms with Crippen LogP contribution in [0.2, 0.25) is 0 Å². The maximum atomic E-state index is 10.4. The number of aliphatic imine (C=N–C) groups is 1. The van der Waals surface area contributed by atoms with Crippen LogP contribution < -0.4 is 5.32 Å². The molecular formula is C13H16N2O2. The number of rotatable bonds is 4. The second-order valence-electron chi connectivity index (χ2n) is 4.41. The van der Waals surface area contributed by atoms with Crippen molar-refractivity contribution in [3.8, 4) is 5.75 Å². The maximum Gasteiger partial charge on any atom is 0.237 e. The van der Waals surface area contributed by atoms with Crippen LogP contribution in [0.4, 0.5) is 5.69 Å². The Morgan fingerprint density at radius 2 is 2.29 bits per heavy atom. The van der Waals surface area contributed by atoms with Crippen molar-refractivity contribution in [1.82, 2.24) is 0 Å². The maximum absolute atomic E-state index is 10.4. The summed E-state index contributed by atoms with van der Waals surface area (Å²) in [6.45, 7) is 1.99. The Hall–Kier alpha value is -1.80. The van der Waals surface area contributed by atoms with Crippen LogP contribution in [0.1, 0.15) is 31.7 Å². The highest BCUT2D eigenvalue weighted by molar-refractivity contribution is 5.53. The topological polar surface area (TPSA) is 61.7 Å². The van der Waals surface area contributed by atoms with Gasteiger partial charge >= 0.3 is 0 Å². The van der Waals surface area contributed by atoms with Crippen LogP contribution in [0.5, 0.6) is 5.75 Å². The Morgan fingerprint density at radius 3 is 2.82 bits per heavy atom. The summed E-state index contributed by atoms with van der Waals surface area (Å²) in [6.07, 6.45) is 5.17. The van der Waals surface area contributed by atoms with E-state index in [-0.39, 0.29) is 0 Å². The lowest BCUT2D eigenvalue weighted by molar-refractivity contribution is 0.290. The molecule has 0 atom stereocenters. The number of nitrogens with one attached hydrogen (secondary N) is 1. The Labute approximate surface area is 100 Å². The molecule has 0 aliphatic heterocycles. The van der Waals surface area contributed by atoms with Crippen LogP contribution in [-0.2, 0) is 11.2 Å². The van der Waals surface area contributed by atoms with Crippen LogP contribution in [0.3, 0.4) is 0 Å². The molecule has 1 aliphatic rings. The summed E-state index contributed by atoms with van der Waals surface area (Å²) in [5.41, 5.74) is 1.31. The fraction of sp³-hybridized carbons (Fsp3) is 0.462. The predicted molar refractivity (Wildman–Crippen MR) is 65.8 cm³/mol. The van der Waals surface area contributed by atoms with Gasteiger partial charge in [-0.05, 0) is 49.4 Å². The highest BCUT2D eigenvalue weighted by atomic mass is 16.3. The van der Waals surface area contributed by atoms with Crippen molar-refractivity contribution in [2.45, 2.75) is 38.3 Å². The first kappa shape index (κ1) is 11.7. The summed E-state index contributed by atoms with van der Waals surface area (Å²) in [7, 11) is 0. The molecule has 0 unspecified atom stereocenters. The van der Waals surface area contributed by atoms with Gasteiger partial charge in [-0.1, -0.05) is 6.92 Å². The Bertz CT molecular complexity index is 460. The molecule has 1 saturated carbocycles. The Balaban J connectivity index is 2.20. The van der Waals surface area contributed by atoms with Gasteiger partial charge in [0.1, 0.15) is 11.4 Å². The third-order valence-corrected chi connectivity index (χ3v) is 3.28. The molecule has 4 heteroatoms. The van der Waals surface area contributed by atoms with Crippen molar-refractivity contribution in [2.24, 2.45) is 4.99 Å². The highest BCUT2D eigenvalue weighted by Crippen LogP contribution is 2.37. The largest absolute Gasteiger partial charge is 0.508 e. The summed E-state index contributed by atoms with van der Waals surface area (Å²) in [4.78, 5) is 14.3. The fourth-order valence-corrected chi connectivity index (χ4v) is 2.08. The van der Waals surface area contributed by atoms with Gasteiger partial charge in [-0.15, -0.1) is 0 Å². The van der Waals surface area contributed by atoms with Gasteiger partial charge in [0.05, 0.1) is 0 Å². The van der Waals surface area contributed by atoms with Crippen LogP contribution in [0, 0.1) is 0 Å². The molecule has 17 heavy (non-hydrogen) atoms. The van der Waals surface area contributed by atoms with Crippen molar-refractivity contribution in [2.75, 3.05) is 5.32 Å². The Morgan fingerprint density at radius 1 is 1.53 bits per heavy atom. The van der Waals surface area contributed by atoms with E-state index in [9.17, 15) is 9.90 Å². The zero-order valence-corrected chi connectivity index (χ0v) is 9.86. The van der Waals surface area contributed by atoms with E-state index in [0.717, 1.165) is 36.9 Å². The lowest BCUT2D eigenvalue weighted by Gasteiger charge is -2.38. The number of aromatic hydroxyl groups is 1. The molecule has 1 aromatic rings. The predicted octanol–water partition coefficient (Wildman–Crippen LogP) is 2.58. The number of hydrogen-bond donors (Lipinski definition) is 2. The first-order valence-electron chi connectivity index (χ1n) is 5.88. The van der Waals surface area contributed by atoms with Crippen LogP contribution in [0.25, 0.3) is 0 Å². The zero-order valence-electron chi connectivity index (χ0n) is 9.86. The zero-order chi connectivity index (χ0) is 12.3. The van der Waals surface area contributed by atoms with E-state index < -0.39 is 5.66 Å². The molecule has 90 valence electrons. The lowest BCUT2D eigenvalue weighted by Crippen LogP contribution is -2.43. The van der Waals surface area contributed by atoms with Crippen molar-refractivity contribution in [3.63, 3.8) is 0 Å². The molecule has 0 radical (unpaired) electrons. The van der Waals surface area contributed by atoms with Gasteiger partial charge in [-0.3, -0.25) is 0 Å². The van der Waals surface area contributed by atoms with Gasteiger partial charge in [0, 0.05) is 5.69 Å². The average Bonchev–Trinajstić information content (AvgIpc) is 2.29. The third kappa shape index (κ3) is 2.32. The third-order valence-electron chi connectivity index (χ3n) is 3.28. The van der Waals surface area contributed by atoms with Crippen molar-refractivity contribution >= 4 is 11.8 Å². The van der Waals surface area contributed by atoms with E-state index in [4.69, 9.17) is 0 Å². The van der Waals surface area contributed by atoms with Crippen LogP contribution >= 0.6 is 0 Å². The normalized spacial score (nSPS) is 16.8. The molecule has 2 N–H and O–H groups in total. The van der Waals surface area contributed by atoms with Crippen LogP contribution in [-0.4, -0.2) is 16.8 Å². The molecule has 1 fully saturated rings. The van der Waals surface area contributed by atoms with Gasteiger partial charge in [0.25, 0.3) is 0 Å². The first-order valence-corrected chi connectivity index (χ1v) is 5.88. The minimum Gasteiger partial charge on any atom is -0.508 e. The molecule has 0 spiro atoms. The second kappa shape index (κ2) is 4.60. The minimum atomic E-state index is -0.469. The van der Waals surface area contributed by atoms with E-state index in [1.165, 1.54) is 0 Å². The van der Waals surface area contributed by atoms with Gasteiger partial charge in [0.2, 0.25) is 6.08 Å². The number of anilines is 1. The van der Waals surface area contributed by atoms with Gasteiger partial charge < -0.3 is 10.4 Å². The van der Waals surface area contributed by atoms with E-state index in [2.05, 4.69) is 10.3 Å². The number of isocyanates is 1. The smallest absolute Gasteiger partial charge is 0.237 e. The molecule has 4 nitrogen and oxygen atoms in total. The monoisotopic (exact) mass is 232 g/mol. The summed E-state index contributed by atoms with van der Waals surface area (Å²) >= 11 is 0. The minimum absolute atomic E-state index is 0.305. The number of carbonyl (C=O) groups excluding carboxylic acids is 1. The molecule has 2 rings (SSSR count). The number of phenolic OH excluding ortho intramolecular Hbond substituents is 1. The fourth-order valence-electron chi connectivity index (χ4n) is 2.08. The van der Waals surface area contributed by atoms with E-state index >= 15 is 0 Å². The summed E-state index contributed by atoms with van der Waals surface area (Å²) in [6, 6.07) is 5.36. The molecule has 0 bridgehead atoms. The summed E-state index contributed by atoms with van der Waals surface area (Å²) < 4.78 is 0. The molecule has 1 aliphatic carbocycles. The number of phenols is 1. The van der Waals surface area contributed by atoms with E-state index in [1.54, 1.807) is 18.2 Å². The molecule has 1 aromatic carbocycles. The summed E-state index contributed by atoms with van der Waals surface area (Å²) in [5, 5.41) is 12.8. The number of benzene rings is 1. The van der Waals surface area contributed by atoms with Crippen LogP contribution in [0.15, 0.2) is 23.2 Å². The van der Waals surface area contributed by atoms with Gasteiger partial charge in [-0.2, -0.15) is 4.99 Å². The summed E-state index contributed by atoms with van der Waals surface area (Å²) in [5.74, 6) is 0.305. The van der Waals surface area contributed by atoms with E-state index in [0.29, 0.717) is 5.75 Å². The second-order valence-corrected chi connectivity index (χ2v) is 4.41. The van der Waals surface area contributed by atoms with Crippen molar-refractivity contribution in [1.29, 1.82) is 0 Å². The van der Waals surface area contributed by atoms with E-state index in [1.807, 2.05) is 13.0 Å². The number of aryl methyl sites for hydroxylation is 1. The lowest BCUT2D eigenvalue weighted by atomic mass is 9.85. The molecule has 0 saturated heterocycles. The van der Waals surface area contributed by atoms with Gasteiger partial charge in [-0.25, -0.2) is 4.79 Å². The van der Waals surface area contributed by atoms with Gasteiger partial charge in [0.15, 0.2) is 0 Å². The quantitative estimate of drug-likeness (QED) is 0.476. The van der Waals surface area contributed by atoms with Crippen molar-refractivity contribution < 1.29 is 9.90 Å². The van der Waals surface area contributed by atoms with Crippen molar-refractivity contribution in [3.05, 3.63) is 23.8 Å². The molecular weight excluding hydrogens is 216 g/mol. The SMILES string of the molecule is CCc1cc(NC2(N=C=O)CCC2)ccc1O. The average molecular weight is 232 g/mol. The molecule has 0 aromatic heterocycles. The number of hydrogen-bond acceptors (Lipinski definition) is 4. The molecule has 0 heterocycles. The Kier molecular flexibility index (Phi) is 3.16. The highest BCUT2D eigenvalue weighted by Gasteiger charge is 2.36. The first-order chi connectivity index (χ1) is 8.19. The number of nitrogens with zero attached hydrogens (tertiary/aromatic N) is 1. The standard InChI is InChI=1S/C13H16N2O2/c1-2-10-8-11(4-5-12(10)17)15-13(14-9-16)6-3-7-13/h4-5,8,15,17H,2-3,6-7H2,1H3. The molecule has 0 amide bonds.